The van der Waals surface area contributed by atoms with Crippen LogP contribution in [-0.4, -0.2) is 30.3 Å². The van der Waals surface area contributed by atoms with E-state index < -0.39 is 41.1 Å². The van der Waals surface area contributed by atoms with Gasteiger partial charge in [0.05, 0.1) is 5.69 Å². The first-order chi connectivity index (χ1) is 12.3. The Morgan fingerprint density at radius 2 is 1.92 bits per heavy atom. The molecule has 0 bridgehead atoms. The molecule has 1 N–H and O–H groups in total. The predicted octanol–water partition coefficient (Wildman–Crippen LogP) is 3.22. The highest BCUT2D eigenvalue weighted by Gasteiger charge is 2.44. The average Bonchev–Trinajstić information content (AvgIpc) is 2.86. The Morgan fingerprint density at radius 1 is 1.19 bits per heavy atom. The third-order valence-electron chi connectivity index (χ3n) is 4.50. The number of likely N-dealkylation sites (N-methyl/N-ethyl adjacent to an activating group) is 1. The molecule has 1 heterocycles. The van der Waals surface area contributed by atoms with Crippen molar-refractivity contribution in [3.8, 4) is 0 Å². The Balaban J connectivity index is 1.93. The number of benzene rings is 2. The monoisotopic (exact) mass is 362 g/mol. The number of hydrogen-bond acceptors (Lipinski definition) is 2. The van der Waals surface area contributed by atoms with E-state index in [1.54, 1.807) is 13.0 Å². The van der Waals surface area contributed by atoms with E-state index in [-0.39, 0.29) is 12.2 Å². The zero-order valence-corrected chi connectivity index (χ0v) is 14.2. The van der Waals surface area contributed by atoms with Gasteiger partial charge in [0.15, 0.2) is 11.6 Å². The second-order valence-electron chi connectivity index (χ2n) is 6.46. The van der Waals surface area contributed by atoms with E-state index in [0.717, 1.165) is 6.07 Å². The molecular formula is C19H17F3N2O2. The van der Waals surface area contributed by atoms with E-state index in [9.17, 15) is 22.8 Å². The lowest BCUT2D eigenvalue weighted by Crippen LogP contribution is -2.33. The highest BCUT2D eigenvalue weighted by atomic mass is 19.2. The molecule has 136 valence electrons. The molecule has 1 fully saturated rings. The van der Waals surface area contributed by atoms with Gasteiger partial charge >= 0.3 is 0 Å². The molecule has 0 aromatic heterocycles. The van der Waals surface area contributed by atoms with Crippen LogP contribution in [0.4, 0.5) is 18.9 Å². The molecule has 1 saturated heterocycles. The molecule has 3 rings (SSSR count). The van der Waals surface area contributed by atoms with Crippen LogP contribution in [-0.2, 0) is 9.59 Å². The van der Waals surface area contributed by atoms with Crippen LogP contribution < -0.4 is 5.32 Å². The van der Waals surface area contributed by atoms with Crippen molar-refractivity contribution in [1.82, 2.24) is 4.90 Å². The number of carbonyl (C=O) groups excluding carboxylic acids is 2. The summed E-state index contributed by atoms with van der Waals surface area (Å²) in [7, 11) is 1.54. The summed E-state index contributed by atoms with van der Waals surface area (Å²) >= 11 is 0. The van der Waals surface area contributed by atoms with Gasteiger partial charge < -0.3 is 10.2 Å². The summed E-state index contributed by atoms with van der Waals surface area (Å²) in [4.78, 5) is 26.5. The standard InChI is InChI=1S/C19H17F3N2O2/c1-10-6-11(8-12(20)7-10)13-9-24(2)19(26)16(13)18(25)23-15-5-3-4-14(21)17(15)22/h3-8,13,16H,9H2,1-2H3,(H,23,25)/t13-,16+/m1/s1. The second-order valence-corrected chi connectivity index (χ2v) is 6.46. The topological polar surface area (TPSA) is 49.4 Å². The Hall–Kier alpha value is -2.83. The van der Waals surface area contributed by atoms with E-state index in [4.69, 9.17) is 0 Å². The Kier molecular flexibility index (Phi) is 4.71. The number of aryl methyl sites for hydroxylation is 1. The molecule has 4 nitrogen and oxygen atoms in total. The maximum atomic E-state index is 13.8. The molecule has 2 aromatic rings. The van der Waals surface area contributed by atoms with Gasteiger partial charge in [-0.25, -0.2) is 13.2 Å². The molecule has 2 aromatic carbocycles. The largest absolute Gasteiger partial charge is 0.344 e. The van der Waals surface area contributed by atoms with Crippen LogP contribution in [0.2, 0.25) is 0 Å². The highest BCUT2D eigenvalue weighted by molar-refractivity contribution is 6.08. The molecule has 0 aliphatic carbocycles. The Morgan fingerprint density at radius 3 is 2.62 bits per heavy atom. The molecule has 2 atom stereocenters. The third kappa shape index (κ3) is 3.29. The van der Waals surface area contributed by atoms with Crippen LogP contribution in [0.25, 0.3) is 0 Å². The fraction of sp³-hybridized carbons (Fsp3) is 0.263. The molecule has 0 radical (unpaired) electrons. The van der Waals surface area contributed by atoms with Crippen LogP contribution in [0.15, 0.2) is 36.4 Å². The highest BCUT2D eigenvalue weighted by Crippen LogP contribution is 2.35. The molecule has 1 aliphatic heterocycles. The zero-order valence-electron chi connectivity index (χ0n) is 14.2. The van der Waals surface area contributed by atoms with E-state index in [0.29, 0.717) is 11.1 Å². The molecule has 26 heavy (non-hydrogen) atoms. The minimum atomic E-state index is -1.20. The summed E-state index contributed by atoms with van der Waals surface area (Å²) < 4.78 is 40.9. The summed E-state index contributed by atoms with van der Waals surface area (Å²) in [6.07, 6.45) is 0. The number of carbonyl (C=O) groups is 2. The predicted molar refractivity (Wildman–Crippen MR) is 90.0 cm³/mol. The molecule has 7 heteroatoms. The number of nitrogens with one attached hydrogen (secondary N) is 1. The van der Waals surface area contributed by atoms with Crippen LogP contribution in [0, 0.1) is 30.3 Å². The van der Waals surface area contributed by atoms with Crippen LogP contribution in [0.1, 0.15) is 17.0 Å². The number of likely N-dealkylation sites (tertiary alicyclic amines) is 1. The minimum absolute atomic E-state index is 0.228. The lowest BCUT2D eigenvalue weighted by molar-refractivity contribution is -0.135. The van der Waals surface area contributed by atoms with E-state index in [2.05, 4.69) is 5.32 Å². The van der Waals surface area contributed by atoms with Gasteiger partial charge in [-0.1, -0.05) is 12.1 Å². The fourth-order valence-corrected chi connectivity index (χ4v) is 3.28. The molecule has 0 spiro atoms. The van der Waals surface area contributed by atoms with Gasteiger partial charge in [-0.05, 0) is 42.3 Å². The number of rotatable bonds is 3. The van der Waals surface area contributed by atoms with Crippen LogP contribution >= 0.6 is 0 Å². The summed E-state index contributed by atoms with van der Waals surface area (Å²) in [6.45, 7) is 1.94. The van der Waals surface area contributed by atoms with Crippen molar-refractivity contribution < 1.29 is 22.8 Å². The van der Waals surface area contributed by atoms with E-state index in [1.807, 2.05) is 0 Å². The quantitative estimate of drug-likeness (QED) is 0.853. The first-order valence-corrected chi connectivity index (χ1v) is 8.05. The second kappa shape index (κ2) is 6.82. The number of hydrogen-bond donors (Lipinski definition) is 1. The molecule has 0 saturated carbocycles. The molecule has 0 unspecified atom stereocenters. The lowest BCUT2D eigenvalue weighted by atomic mass is 9.87. The summed E-state index contributed by atoms with van der Waals surface area (Å²) in [5, 5.41) is 2.28. The fourth-order valence-electron chi connectivity index (χ4n) is 3.28. The number of halogens is 3. The maximum absolute atomic E-state index is 13.8. The zero-order chi connectivity index (χ0) is 19.0. The van der Waals surface area contributed by atoms with Crippen molar-refractivity contribution >= 4 is 17.5 Å². The number of amides is 2. The van der Waals surface area contributed by atoms with E-state index >= 15 is 0 Å². The number of nitrogens with zero attached hydrogens (tertiary/aromatic N) is 1. The van der Waals surface area contributed by atoms with Crippen molar-refractivity contribution in [2.75, 3.05) is 18.9 Å². The van der Waals surface area contributed by atoms with Gasteiger partial charge in [0.1, 0.15) is 11.7 Å². The SMILES string of the molecule is Cc1cc(F)cc([C@H]2CN(C)C(=O)[C@@H]2C(=O)Nc2cccc(F)c2F)c1. The van der Waals surface area contributed by atoms with Gasteiger partial charge in [-0.15, -0.1) is 0 Å². The lowest BCUT2D eigenvalue weighted by Gasteiger charge is -2.18. The van der Waals surface area contributed by atoms with Crippen molar-refractivity contribution in [2.24, 2.45) is 5.92 Å². The summed E-state index contributed by atoms with van der Waals surface area (Å²) in [5.41, 5.74) is 0.837. The van der Waals surface area contributed by atoms with Crippen molar-refractivity contribution in [3.05, 3.63) is 65.0 Å². The van der Waals surface area contributed by atoms with Gasteiger partial charge in [-0.3, -0.25) is 9.59 Å². The Labute approximate surface area is 148 Å². The van der Waals surface area contributed by atoms with Gasteiger partial charge in [0, 0.05) is 19.5 Å². The van der Waals surface area contributed by atoms with Gasteiger partial charge in [0.2, 0.25) is 11.8 Å². The summed E-state index contributed by atoms with van der Waals surface area (Å²) in [5.74, 6) is -5.70. The first-order valence-electron chi connectivity index (χ1n) is 8.05. The van der Waals surface area contributed by atoms with Crippen molar-refractivity contribution in [3.63, 3.8) is 0 Å². The molecule has 1 aliphatic rings. The van der Waals surface area contributed by atoms with E-state index in [1.165, 1.54) is 36.2 Å². The normalized spacial score (nSPS) is 19.7. The molecular weight excluding hydrogens is 345 g/mol. The average molecular weight is 362 g/mol. The van der Waals surface area contributed by atoms with Gasteiger partial charge in [-0.2, -0.15) is 0 Å². The van der Waals surface area contributed by atoms with Crippen LogP contribution in [0.5, 0.6) is 0 Å². The van der Waals surface area contributed by atoms with Crippen molar-refractivity contribution in [1.29, 1.82) is 0 Å². The maximum Gasteiger partial charge on any atom is 0.237 e. The third-order valence-corrected chi connectivity index (χ3v) is 4.50. The van der Waals surface area contributed by atoms with Crippen LogP contribution in [0.3, 0.4) is 0 Å². The van der Waals surface area contributed by atoms with Gasteiger partial charge in [0.25, 0.3) is 0 Å². The molecule has 2 amide bonds. The smallest absolute Gasteiger partial charge is 0.237 e. The Bertz CT molecular complexity index is 865. The van der Waals surface area contributed by atoms with Crippen molar-refractivity contribution in [2.45, 2.75) is 12.8 Å². The minimum Gasteiger partial charge on any atom is -0.344 e. The summed E-state index contributed by atoms with van der Waals surface area (Å²) in [6, 6.07) is 7.74. The number of anilines is 1. The first kappa shape index (κ1) is 18.0.